The van der Waals surface area contributed by atoms with E-state index >= 15 is 0 Å². The first-order chi connectivity index (χ1) is 18.9. The molecule has 0 unspecified atom stereocenters. The minimum atomic E-state index is -2.76. The molecule has 0 saturated carbocycles. The third-order valence-electron chi connectivity index (χ3n) is 6.37. The molecular weight excluding hydrogens is 506 g/mol. The van der Waals surface area contributed by atoms with Gasteiger partial charge in [-0.25, -0.2) is 13.8 Å². The molecule has 2 aromatic heterocycles. The topological polar surface area (TPSA) is 111 Å². The number of hydrogen-bond donors (Lipinski definition) is 2. The van der Waals surface area contributed by atoms with Crippen molar-refractivity contribution in [1.29, 1.82) is 0 Å². The quantitative estimate of drug-likeness (QED) is 0.331. The molecule has 1 fully saturated rings. The maximum Gasteiger partial charge on any atom is 0.267 e. The Labute approximate surface area is 223 Å². The number of morpholine rings is 1. The van der Waals surface area contributed by atoms with Gasteiger partial charge in [0.15, 0.2) is 0 Å². The fraction of sp³-hybridized carbons (Fsp3) is 0.207. The van der Waals surface area contributed by atoms with Crippen LogP contribution in [0, 0.1) is 0 Å². The van der Waals surface area contributed by atoms with E-state index in [4.69, 9.17) is 14.9 Å². The lowest BCUT2D eigenvalue weighted by atomic mass is 9.99. The van der Waals surface area contributed by atoms with Gasteiger partial charge in [-0.2, -0.15) is 0 Å². The van der Waals surface area contributed by atoms with Crippen molar-refractivity contribution in [3.8, 4) is 11.1 Å². The van der Waals surface area contributed by atoms with Crippen LogP contribution in [0.25, 0.3) is 28.2 Å². The van der Waals surface area contributed by atoms with Crippen LogP contribution in [0.5, 0.6) is 0 Å². The van der Waals surface area contributed by atoms with E-state index in [0.29, 0.717) is 65.5 Å². The largest absolute Gasteiger partial charge is 0.459 e. The van der Waals surface area contributed by atoms with Gasteiger partial charge < -0.3 is 25.1 Å². The highest BCUT2D eigenvalue weighted by Gasteiger charge is 2.20. The summed E-state index contributed by atoms with van der Waals surface area (Å²) in [5.41, 5.74) is 7.87. The third-order valence-corrected chi connectivity index (χ3v) is 6.37. The molecule has 5 rings (SSSR count). The van der Waals surface area contributed by atoms with Crippen LogP contribution in [0.3, 0.4) is 0 Å². The standard InChI is InChI=1S/C29H26F2N4O4/c30-28(31)24-15-21(19-3-5-20(6-4-19)29(37)35-9-11-38-12-10-35)13-22-14-23(39-27(22)24)17-34-26(36)8-2-18-1-7-25(32)33-16-18/h1-8,13-16,28H,9-12,17H2,(H2,32,33)(H,34,36). The van der Waals surface area contributed by atoms with Gasteiger partial charge in [-0.3, -0.25) is 9.59 Å². The van der Waals surface area contributed by atoms with Crippen molar-refractivity contribution in [2.75, 3.05) is 32.0 Å². The van der Waals surface area contributed by atoms with Crippen LogP contribution >= 0.6 is 0 Å². The number of benzene rings is 2. The first-order valence-electron chi connectivity index (χ1n) is 12.4. The second-order valence-electron chi connectivity index (χ2n) is 9.05. The second-order valence-corrected chi connectivity index (χ2v) is 9.05. The van der Waals surface area contributed by atoms with Gasteiger partial charge >= 0.3 is 0 Å². The molecule has 1 saturated heterocycles. The maximum absolute atomic E-state index is 14.0. The van der Waals surface area contributed by atoms with Crippen LogP contribution in [0.4, 0.5) is 14.6 Å². The summed E-state index contributed by atoms with van der Waals surface area (Å²) in [6.45, 7) is 2.11. The lowest BCUT2D eigenvalue weighted by molar-refractivity contribution is -0.116. The lowest BCUT2D eigenvalue weighted by Crippen LogP contribution is -2.40. The number of anilines is 1. The number of carbonyl (C=O) groups is 2. The molecule has 0 bridgehead atoms. The van der Waals surface area contributed by atoms with Crippen LogP contribution in [0.1, 0.15) is 33.7 Å². The Hall–Kier alpha value is -4.57. The van der Waals surface area contributed by atoms with Gasteiger partial charge in [0.05, 0.1) is 25.3 Å². The predicted molar refractivity (Wildman–Crippen MR) is 143 cm³/mol. The number of aromatic nitrogens is 1. The molecule has 10 heteroatoms. The molecule has 0 atom stereocenters. The minimum absolute atomic E-state index is 0.0220. The van der Waals surface area contributed by atoms with E-state index in [1.54, 1.807) is 59.5 Å². The van der Waals surface area contributed by atoms with E-state index in [2.05, 4.69) is 10.3 Å². The maximum atomic E-state index is 14.0. The zero-order chi connectivity index (χ0) is 27.4. The van der Waals surface area contributed by atoms with Crippen molar-refractivity contribution in [2.24, 2.45) is 0 Å². The molecule has 4 aromatic rings. The van der Waals surface area contributed by atoms with Gasteiger partial charge in [0, 0.05) is 36.3 Å². The number of nitrogens with one attached hydrogen (secondary N) is 1. The highest BCUT2D eigenvalue weighted by Crippen LogP contribution is 2.35. The molecule has 3 heterocycles. The second kappa shape index (κ2) is 11.4. The molecule has 2 amide bonds. The van der Waals surface area contributed by atoms with Crippen LogP contribution in [0.15, 0.2) is 71.3 Å². The number of nitrogens with zero attached hydrogens (tertiary/aromatic N) is 2. The SMILES string of the molecule is Nc1ccc(C=CC(=O)NCc2cc3cc(-c4ccc(C(=O)N5CCOCC5)cc4)cc(C(F)F)c3o2)cn1. The van der Waals surface area contributed by atoms with Gasteiger partial charge in [-0.1, -0.05) is 12.1 Å². The van der Waals surface area contributed by atoms with Gasteiger partial charge in [0.1, 0.15) is 17.2 Å². The Kier molecular flexibility index (Phi) is 7.64. The monoisotopic (exact) mass is 532 g/mol. The highest BCUT2D eigenvalue weighted by molar-refractivity contribution is 5.95. The van der Waals surface area contributed by atoms with Crippen LogP contribution in [-0.2, 0) is 16.1 Å². The number of ether oxygens (including phenoxy) is 1. The molecular formula is C29H26F2N4O4. The van der Waals surface area contributed by atoms with Crippen molar-refractivity contribution >= 4 is 34.7 Å². The molecule has 0 aliphatic carbocycles. The Bertz CT molecular complexity index is 1510. The summed E-state index contributed by atoms with van der Waals surface area (Å²) < 4.78 is 38.9. The molecule has 1 aliphatic heterocycles. The third kappa shape index (κ3) is 6.12. The number of hydrogen-bond acceptors (Lipinski definition) is 6. The van der Waals surface area contributed by atoms with Gasteiger partial charge in [-0.15, -0.1) is 0 Å². The normalized spacial score (nSPS) is 13.9. The number of alkyl halides is 2. The van der Waals surface area contributed by atoms with Crippen molar-refractivity contribution in [3.05, 3.63) is 89.3 Å². The summed E-state index contributed by atoms with van der Waals surface area (Å²) in [5, 5.41) is 3.17. The number of halogens is 2. The fourth-order valence-corrected chi connectivity index (χ4v) is 4.32. The zero-order valence-electron chi connectivity index (χ0n) is 20.9. The first-order valence-corrected chi connectivity index (χ1v) is 12.4. The number of pyridine rings is 1. The summed E-state index contributed by atoms with van der Waals surface area (Å²) in [5.74, 6) is 0.249. The summed E-state index contributed by atoms with van der Waals surface area (Å²) in [6.07, 6.45) is 1.70. The van der Waals surface area contributed by atoms with Gasteiger partial charge in [0.25, 0.3) is 12.3 Å². The Morgan fingerprint density at radius 3 is 2.51 bits per heavy atom. The molecule has 3 N–H and O–H groups in total. The molecule has 200 valence electrons. The van der Waals surface area contributed by atoms with E-state index < -0.39 is 6.43 Å². The number of carbonyl (C=O) groups excluding carboxylic acids is 2. The van der Waals surface area contributed by atoms with Crippen LogP contribution < -0.4 is 11.1 Å². The Morgan fingerprint density at radius 1 is 1.05 bits per heavy atom. The van der Waals surface area contributed by atoms with E-state index in [-0.39, 0.29) is 29.5 Å². The molecule has 0 spiro atoms. The van der Waals surface area contributed by atoms with E-state index in [9.17, 15) is 18.4 Å². The number of nitrogen functional groups attached to an aromatic ring is 1. The fourth-order valence-electron chi connectivity index (χ4n) is 4.32. The number of furan rings is 1. The van der Waals surface area contributed by atoms with Crippen LogP contribution in [0.2, 0.25) is 0 Å². The van der Waals surface area contributed by atoms with Gasteiger partial charge in [0.2, 0.25) is 5.91 Å². The molecule has 2 aromatic carbocycles. The average molecular weight is 533 g/mol. The predicted octanol–water partition coefficient (Wildman–Crippen LogP) is 4.82. The summed E-state index contributed by atoms with van der Waals surface area (Å²) in [4.78, 5) is 30.6. The molecule has 39 heavy (non-hydrogen) atoms. The average Bonchev–Trinajstić information content (AvgIpc) is 3.38. The van der Waals surface area contributed by atoms with Crippen molar-refractivity contribution < 1.29 is 27.5 Å². The molecule has 8 nitrogen and oxygen atoms in total. The Balaban J connectivity index is 1.32. The molecule has 1 aliphatic rings. The van der Waals surface area contributed by atoms with Crippen molar-refractivity contribution in [2.45, 2.75) is 13.0 Å². The smallest absolute Gasteiger partial charge is 0.267 e. The van der Waals surface area contributed by atoms with Crippen LogP contribution in [-0.4, -0.2) is 48.0 Å². The number of amides is 2. The summed E-state index contributed by atoms with van der Waals surface area (Å²) >= 11 is 0. The van der Waals surface area contributed by atoms with Crippen molar-refractivity contribution in [3.63, 3.8) is 0 Å². The van der Waals surface area contributed by atoms with Crippen molar-refractivity contribution in [1.82, 2.24) is 15.2 Å². The number of rotatable bonds is 7. The number of nitrogens with two attached hydrogens (primary N) is 1. The number of fused-ring (bicyclic) bond motifs is 1. The minimum Gasteiger partial charge on any atom is -0.459 e. The zero-order valence-corrected chi connectivity index (χ0v) is 20.9. The summed E-state index contributed by atoms with van der Waals surface area (Å²) in [7, 11) is 0. The Morgan fingerprint density at radius 2 is 1.82 bits per heavy atom. The molecule has 0 radical (unpaired) electrons. The first kappa shape index (κ1) is 26.1. The lowest BCUT2D eigenvalue weighted by Gasteiger charge is -2.26. The highest BCUT2D eigenvalue weighted by atomic mass is 19.3. The summed E-state index contributed by atoms with van der Waals surface area (Å²) in [6, 6.07) is 15.0. The van der Waals surface area contributed by atoms with Gasteiger partial charge in [-0.05, 0) is 65.2 Å². The van der Waals surface area contributed by atoms with E-state index in [0.717, 1.165) is 0 Å². The van der Waals surface area contributed by atoms with E-state index in [1.165, 1.54) is 18.3 Å². The van der Waals surface area contributed by atoms with E-state index in [1.807, 2.05) is 0 Å².